The lowest BCUT2D eigenvalue weighted by Gasteiger charge is -2.47. The Labute approximate surface area is 151 Å². The van der Waals surface area contributed by atoms with Crippen molar-refractivity contribution in [2.75, 3.05) is 0 Å². The molecule has 0 aromatic carbocycles. The molecule has 148 valence electrons. The highest BCUT2D eigenvalue weighted by Gasteiger charge is 2.63. The minimum Gasteiger partial charge on any atom is -0.481 e. The largest absolute Gasteiger partial charge is 0.481 e. The first kappa shape index (κ1) is 21.9. The molecule has 9 heteroatoms. The molecule has 0 aliphatic carbocycles. The van der Waals surface area contributed by atoms with Crippen LogP contribution < -0.4 is 5.32 Å². The van der Waals surface area contributed by atoms with Crippen LogP contribution in [0.3, 0.4) is 0 Å². The van der Waals surface area contributed by atoms with Crippen molar-refractivity contribution in [1.82, 2.24) is 5.32 Å². The molecular weight excluding hydrogens is 346 g/mol. The van der Waals surface area contributed by atoms with Gasteiger partial charge in [0.1, 0.15) is 0 Å². The van der Waals surface area contributed by atoms with Crippen LogP contribution in [0.15, 0.2) is 0 Å². The van der Waals surface area contributed by atoms with Crippen LogP contribution in [0.5, 0.6) is 0 Å². The van der Waals surface area contributed by atoms with Gasteiger partial charge < -0.3 is 25.7 Å². The predicted molar refractivity (Wildman–Crippen MR) is 89.7 cm³/mol. The van der Waals surface area contributed by atoms with Crippen LogP contribution in [0.25, 0.3) is 0 Å². The van der Waals surface area contributed by atoms with Crippen LogP contribution in [-0.4, -0.2) is 55.4 Å². The Morgan fingerprint density at radius 3 is 1.62 bits per heavy atom. The zero-order valence-corrected chi connectivity index (χ0v) is 15.4. The number of nitrogens with one attached hydrogen (secondary N) is 1. The second-order valence-corrected chi connectivity index (χ2v) is 8.36. The molecular formula is C17H27NO8. The van der Waals surface area contributed by atoms with Crippen molar-refractivity contribution in [1.29, 1.82) is 0 Å². The normalized spacial score (nSPS) is 20.9. The number of aliphatic carboxylic acids is 4. The van der Waals surface area contributed by atoms with Gasteiger partial charge in [-0.3, -0.25) is 19.2 Å². The van der Waals surface area contributed by atoms with E-state index in [1.807, 2.05) is 27.7 Å². The van der Waals surface area contributed by atoms with Crippen LogP contribution in [0, 0.1) is 17.3 Å². The van der Waals surface area contributed by atoms with Crippen molar-refractivity contribution in [2.24, 2.45) is 17.3 Å². The van der Waals surface area contributed by atoms with Gasteiger partial charge >= 0.3 is 23.9 Å². The Kier molecular flexibility index (Phi) is 6.08. The topological polar surface area (TPSA) is 161 Å². The Balaban J connectivity index is 3.12. The fourth-order valence-corrected chi connectivity index (χ4v) is 4.39. The van der Waals surface area contributed by atoms with Crippen LogP contribution >= 0.6 is 0 Å². The lowest BCUT2D eigenvalue weighted by Crippen LogP contribution is -2.58. The standard InChI is InChI=1S/C17H27NO8/c1-15(2)7-9(8-16(3,4)18-15)5-6-10(11(19)20)17(12(21)22,13(23)24)14(25)26/h9-10,18H,5-8H2,1-4H3,(H,19,20)(H,21,22)(H,23,24)(H,25,26). The summed E-state index contributed by atoms with van der Waals surface area (Å²) in [4.78, 5) is 46.0. The van der Waals surface area contributed by atoms with E-state index in [2.05, 4.69) is 5.32 Å². The molecule has 9 nitrogen and oxygen atoms in total. The van der Waals surface area contributed by atoms with Crippen LogP contribution in [-0.2, 0) is 19.2 Å². The Hall–Kier alpha value is -2.16. The molecule has 5 N–H and O–H groups in total. The third kappa shape index (κ3) is 4.32. The third-order valence-electron chi connectivity index (χ3n) is 4.97. The Morgan fingerprint density at radius 1 is 0.923 bits per heavy atom. The van der Waals surface area contributed by atoms with E-state index in [0.29, 0.717) is 12.8 Å². The number of hydrogen-bond donors (Lipinski definition) is 5. The zero-order valence-electron chi connectivity index (χ0n) is 15.4. The molecule has 0 spiro atoms. The maximum Gasteiger partial charge on any atom is 0.333 e. The molecule has 1 aliphatic rings. The summed E-state index contributed by atoms with van der Waals surface area (Å²) < 4.78 is 0. The van der Waals surface area contributed by atoms with Crippen LogP contribution in [0.2, 0.25) is 0 Å². The van der Waals surface area contributed by atoms with Gasteiger partial charge in [0.2, 0.25) is 0 Å². The molecule has 1 fully saturated rings. The van der Waals surface area contributed by atoms with E-state index in [9.17, 15) is 39.6 Å². The molecule has 0 saturated carbocycles. The van der Waals surface area contributed by atoms with Crippen molar-refractivity contribution in [3.63, 3.8) is 0 Å². The molecule has 0 aromatic heterocycles. The Morgan fingerprint density at radius 2 is 1.31 bits per heavy atom. The number of carbonyl (C=O) groups is 4. The molecule has 26 heavy (non-hydrogen) atoms. The van der Waals surface area contributed by atoms with E-state index in [4.69, 9.17) is 0 Å². The van der Waals surface area contributed by atoms with E-state index in [1.165, 1.54) is 0 Å². The van der Waals surface area contributed by atoms with Crippen molar-refractivity contribution in [3.8, 4) is 0 Å². The van der Waals surface area contributed by atoms with Gasteiger partial charge in [0.05, 0.1) is 5.92 Å². The highest BCUT2D eigenvalue weighted by Crippen LogP contribution is 2.39. The van der Waals surface area contributed by atoms with Gasteiger partial charge in [-0.2, -0.15) is 0 Å². The maximum absolute atomic E-state index is 11.6. The molecule has 1 saturated heterocycles. The van der Waals surface area contributed by atoms with Crippen molar-refractivity contribution in [3.05, 3.63) is 0 Å². The summed E-state index contributed by atoms with van der Waals surface area (Å²) in [7, 11) is 0. The first-order valence-corrected chi connectivity index (χ1v) is 8.38. The van der Waals surface area contributed by atoms with Gasteiger partial charge in [-0.05, 0) is 59.3 Å². The maximum atomic E-state index is 11.6. The van der Waals surface area contributed by atoms with E-state index in [1.54, 1.807) is 0 Å². The summed E-state index contributed by atoms with van der Waals surface area (Å²) in [5.41, 5.74) is -3.87. The molecule has 0 aromatic rings. The lowest BCUT2D eigenvalue weighted by molar-refractivity contribution is -0.186. The van der Waals surface area contributed by atoms with Crippen molar-refractivity contribution in [2.45, 2.75) is 64.5 Å². The third-order valence-corrected chi connectivity index (χ3v) is 4.97. The average Bonchev–Trinajstić information content (AvgIpc) is 2.37. The molecule has 1 rings (SSSR count). The fourth-order valence-electron chi connectivity index (χ4n) is 4.39. The smallest absolute Gasteiger partial charge is 0.333 e. The fraction of sp³-hybridized carbons (Fsp3) is 0.765. The summed E-state index contributed by atoms with van der Waals surface area (Å²) in [6.07, 6.45) is 1.24. The zero-order chi connectivity index (χ0) is 20.5. The summed E-state index contributed by atoms with van der Waals surface area (Å²) >= 11 is 0. The number of rotatable bonds is 8. The van der Waals surface area contributed by atoms with Gasteiger partial charge in [0.15, 0.2) is 0 Å². The van der Waals surface area contributed by atoms with Crippen molar-refractivity contribution < 1.29 is 39.6 Å². The summed E-state index contributed by atoms with van der Waals surface area (Å²) in [5, 5.41) is 40.6. The number of carboxylic acids is 4. The minimum atomic E-state index is -3.41. The molecule has 0 radical (unpaired) electrons. The average molecular weight is 373 g/mol. The van der Waals surface area contributed by atoms with Gasteiger partial charge in [-0.25, -0.2) is 0 Å². The molecule has 1 atom stereocenters. The number of piperidine rings is 1. The number of hydrogen-bond acceptors (Lipinski definition) is 5. The summed E-state index contributed by atoms with van der Waals surface area (Å²) in [5.74, 6) is -10.4. The van der Waals surface area contributed by atoms with Gasteiger partial charge in [-0.1, -0.05) is 0 Å². The van der Waals surface area contributed by atoms with Crippen LogP contribution in [0.4, 0.5) is 0 Å². The van der Waals surface area contributed by atoms with E-state index >= 15 is 0 Å². The van der Waals surface area contributed by atoms with Gasteiger partial charge in [0.25, 0.3) is 5.41 Å². The van der Waals surface area contributed by atoms with E-state index < -0.39 is 35.2 Å². The minimum absolute atomic E-state index is 0.0113. The monoisotopic (exact) mass is 373 g/mol. The first-order chi connectivity index (χ1) is 11.7. The molecule has 0 bridgehead atoms. The highest BCUT2D eigenvalue weighted by atomic mass is 16.4. The van der Waals surface area contributed by atoms with E-state index in [-0.39, 0.29) is 29.8 Å². The van der Waals surface area contributed by atoms with E-state index in [0.717, 1.165) is 0 Å². The first-order valence-electron chi connectivity index (χ1n) is 8.38. The SMILES string of the molecule is CC1(C)CC(CCC(C(=O)O)C(C(=O)O)(C(=O)O)C(=O)O)CC(C)(C)N1. The quantitative estimate of drug-likeness (QED) is 0.394. The molecule has 1 aliphatic heterocycles. The molecule has 1 heterocycles. The summed E-state index contributed by atoms with van der Waals surface area (Å²) in [6.45, 7) is 7.97. The Bertz CT molecular complexity index is 558. The van der Waals surface area contributed by atoms with Gasteiger partial charge in [0, 0.05) is 11.1 Å². The van der Waals surface area contributed by atoms with Crippen LogP contribution in [0.1, 0.15) is 53.4 Å². The second kappa shape index (κ2) is 7.22. The highest BCUT2D eigenvalue weighted by molar-refractivity contribution is 6.18. The lowest BCUT2D eigenvalue weighted by atomic mass is 9.69. The predicted octanol–water partition coefficient (Wildman–Crippen LogP) is 1.26. The number of carboxylic acid groups (broad SMARTS) is 4. The summed E-state index contributed by atoms with van der Waals surface area (Å²) in [6, 6.07) is 0. The van der Waals surface area contributed by atoms with Crippen molar-refractivity contribution >= 4 is 23.9 Å². The molecule has 0 amide bonds. The molecule has 1 unspecified atom stereocenters. The van der Waals surface area contributed by atoms with Gasteiger partial charge in [-0.15, -0.1) is 0 Å². The second-order valence-electron chi connectivity index (χ2n) is 8.36.